The van der Waals surface area contributed by atoms with E-state index >= 15 is 0 Å². The number of hydrogen-bond acceptors (Lipinski definition) is 7. The number of hydrogen-bond donors (Lipinski definition) is 4. The summed E-state index contributed by atoms with van der Waals surface area (Å²) in [7, 11) is 0. The summed E-state index contributed by atoms with van der Waals surface area (Å²) < 4.78 is 12.9. The van der Waals surface area contributed by atoms with Crippen LogP contribution in [-0.4, -0.2) is 45.0 Å². The summed E-state index contributed by atoms with van der Waals surface area (Å²) in [5.74, 6) is -1.52. The minimum atomic E-state index is -0.968. The normalized spacial score (nSPS) is 17.6. The Kier molecular flexibility index (Phi) is 11.8. The van der Waals surface area contributed by atoms with Crippen LogP contribution in [0.4, 0.5) is 0 Å². The van der Waals surface area contributed by atoms with E-state index < -0.39 is 18.2 Å². The molecule has 0 aliphatic carbocycles. The maximum atomic E-state index is 12.1. The number of aliphatic carboxylic acids is 1. The van der Waals surface area contributed by atoms with Crippen molar-refractivity contribution in [3.63, 3.8) is 0 Å². The van der Waals surface area contributed by atoms with E-state index in [0.717, 1.165) is 33.4 Å². The third kappa shape index (κ3) is 9.52. The predicted molar refractivity (Wildman–Crippen MR) is 178 cm³/mol. The lowest BCUT2D eigenvalue weighted by Gasteiger charge is -2.36. The summed E-state index contributed by atoms with van der Waals surface area (Å²) >= 11 is 1.45. The number of nitrogens with one attached hydrogen (secondary N) is 1. The van der Waals surface area contributed by atoms with E-state index in [2.05, 4.69) is 5.32 Å². The molecule has 0 unspecified atom stereocenters. The van der Waals surface area contributed by atoms with Gasteiger partial charge < -0.3 is 30.1 Å². The van der Waals surface area contributed by atoms with E-state index in [-0.39, 0.29) is 43.1 Å². The van der Waals surface area contributed by atoms with Gasteiger partial charge in [-0.25, -0.2) is 4.79 Å². The van der Waals surface area contributed by atoms with Gasteiger partial charge in [-0.15, -0.1) is 11.8 Å². The lowest BCUT2D eigenvalue weighted by molar-refractivity contribution is -0.245. The Bertz CT molecular complexity index is 1670. The van der Waals surface area contributed by atoms with E-state index in [1.807, 2.05) is 78.9 Å². The van der Waals surface area contributed by atoms with Crippen molar-refractivity contribution in [3.05, 3.63) is 125 Å². The van der Waals surface area contributed by atoms with E-state index in [0.29, 0.717) is 30.0 Å². The summed E-state index contributed by atoms with van der Waals surface area (Å²) in [6.45, 7) is 0.302. The van der Waals surface area contributed by atoms with Crippen molar-refractivity contribution in [2.45, 2.75) is 62.2 Å². The summed E-state index contributed by atoms with van der Waals surface area (Å²) in [6.07, 6.45) is -0.118. The van der Waals surface area contributed by atoms with Crippen molar-refractivity contribution in [3.8, 4) is 11.1 Å². The number of aliphatic hydroxyl groups is 1. The van der Waals surface area contributed by atoms with Crippen molar-refractivity contribution < 1.29 is 39.2 Å². The molecule has 0 radical (unpaired) electrons. The maximum absolute atomic E-state index is 12.1. The van der Waals surface area contributed by atoms with Gasteiger partial charge in [0, 0.05) is 42.0 Å². The van der Waals surface area contributed by atoms with Crippen molar-refractivity contribution in [2.75, 3.05) is 5.75 Å². The monoisotopic (exact) mass is 655 g/mol. The van der Waals surface area contributed by atoms with Gasteiger partial charge in [0.2, 0.25) is 5.91 Å². The molecule has 1 saturated heterocycles. The Balaban J connectivity index is 1.28. The summed E-state index contributed by atoms with van der Waals surface area (Å²) in [5.41, 5.74) is 5.77. The zero-order valence-corrected chi connectivity index (χ0v) is 26.5. The molecule has 10 heteroatoms. The molecule has 1 fully saturated rings. The van der Waals surface area contributed by atoms with E-state index in [9.17, 15) is 24.6 Å². The molecule has 5 rings (SSSR count). The van der Waals surface area contributed by atoms with Gasteiger partial charge in [0.15, 0.2) is 6.29 Å². The fraction of sp³-hybridized carbons (Fsp3) is 0.270. The fourth-order valence-electron chi connectivity index (χ4n) is 5.36. The van der Waals surface area contributed by atoms with E-state index in [1.165, 1.54) is 11.8 Å². The first-order chi connectivity index (χ1) is 22.8. The van der Waals surface area contributed by atoms with Crippen LogP contribution in [-0.2, 0) is 32.2 Å². The number of thioether (sulfide) groups is 1. The van der Waals surface area contributed by atoms with E-state index in [4.69, 9.17) is 14.6 Å². The number of amides is 1. The molecule has 1 aliphatic heterocycles. The predicted octanol–water partition coefficient (Wildman–Crippen LogP) is 6.75. The SMILES string of the molecule is O=C(O)CCCC(=O)NCc1cccc(-c2ccc([C@H]3O[C@@H](CSc4ccccc4C(=O)O)C[C@@H](c4ccc(CO)cc4)O3)cc2)c1. The highest BCUT2D eigenvalue weighted by Crippen LogP contribution is 2.40. The Morgan fingerprint density at radius 3 is 2.26 bits per heavy atom. The molecular weight excluding hydrogens is 618 g/mol. The zero-order chi connectivity index (χ0) is 33.2. The maximum Gasteiger partial charge on any atom is 0.336 e. The second-order valence-electron chi connectivity index (χ2n) is 11.3. The third-order valence-corrected chi connectivity index (χ3v) is 9.09. The Morgan fingerprint density at radius 2 is 1.53 bits per heavy atom. The average molecular weight is 656 g/mol. The molecule has 4 aromatic rings. The number of aromatic carboxylic acids is 1. The van der Waals surface area contributed by atoms with Crippen molar-refractivity contribution in [2.24, 2.45) is 0 Å². The van der Waals surface area contributed by atoms with Crippen LogP contribution >= 0.6 is 11.8 Å². The first-order valence-corrected chi connectivity index (χ1v) is 16.4. The Labute approximate surface area is 277 Å². The topological polar surface area (TPSA) is 142 Å². The fourth-order valence-corrected chi connectivity index (χ4v) is 6.42. The van der Waals surface area contributed by atoms with Gasteiger partial charge in [0.05, 0.1) is 24.4 Å². The third-order valence-electron chi connectivity index (χ3n) is 7.88. The first kappa shape index (κ1) is 33.9. The standard InChI is InChI=1S/C37H37NO8S/c39-22-24-11-13-27(14-12-24)32-20-30(23-47-33-8-2-1-7-31(33)36(43)44)45-37(46-32)28-17-15-26(16-18-28)29-6-3-5-25(19-29)21-38-34(40)9-4-10-35(41)42/h1-3,5-8,11-19,30,32,37,39H,4,9-10,20-23H2,(H,38,40)(H,41,42)(H,43,44)/t30-,32+,37+/m1/s1. The smallest absolute Gasteiger partial charge is 0.336 e. The van der Waals surface area contributed by atoms with Crippen LogP contribution in [0.15, 0.2) is 102 Å². The van der Waals surface area contributed by atoms with Gasteiger partial charge in [0.1, 0.15) is 0 Å². The number of aliphatic hydroxyl groups excluding tert-OH is 1. The number of ether oxygens (including phenoxy) is 2. The molecule has 244 valence electrons. The van der Waals surface area contributed by atoms with Crippen LogP contribution < -0.4 is 5.32 Å². The largest absolute Gasteiger partial charge is 0.481 e. The summed E-state index contributed by atoms with van der Waals surface area (Å²) in [4.78, 5) is 35.2. The van der Waals surface area contributed by atoms with Gasteiger partial charge in [-0.3, -0.25) is 9.59 Å². The molecule has 0 bridgehead atoms. The average Bonchev–Trinajstić information content (AvgIpc) is 3.10. The van der Waals surface area contributed by atoms with Gasteiger partial charge >= 0.3 is 11.9 Å². The Hall–Kier alpha value is -4.48. The molecule has 1 amide bonds. The van der Waals surface area contributed by atoms with Gasteiger partial charge in [-0.1, -0.05) is 78.9 Å². The molecule has 1 heterocycles. The van der Waals surface area contributed by atoms with Gasteiger partial charge in [0.25, 0.3) is 0 Å². The second-order valence-corrected chi connectivity index (χ2v) is 12.4. The molecule has 9 nitrogen and oxygen atoms in total. The molecule has 3 atom stereocenters. The quantitative estimate of drug-likeness (QED) is 0.109. The minimum Gasteiger partial charge on any atom is -0.481 e. The highest BCUT2D eigenvalue weighted by Gasteiger charge is 2.32. The van der Waals surface area contributed by atoms with Crippen LogP contribution in [0, 0.1) is 0 Å². The van der Waals surface area contributed by atoms with Crippen LogP contribution in [0.2, 0.25) is 0 Å². The molecule has 4 aromatic carbocycles. The number of carbonyl (C=O) groups excluding carboxylic acids is 1. The first-order valence-electron chi connectivity index (χ1n) is 15.4. The summed E-state index contributed by atoms with van der Waals surface area (Å²) in [5, 5.41) is 30.7. The number of carboxylic acid groups (broad SMARTS) is 2. The van der Waals surface area contributed by atoms with Gasteiger partial charge in [-0.2, -0.15) is 0 Å². The zero-order valence-electron chi connectivity index (χ0n) is 25.7. The van der Waals surface area contributed by atoms with Crippen LogP contribution in [0.5, 0.6) is 0 Å². The van der Waals surface area contributed by atoms with Crippen molar-refractivity contribution in [1.82, 2.24) is 5.32 Å². The van der Waals surface area contributed by atoms with E-state index in [1.54, 1.807) is 18.2 Å². The number of benzene rings is 4. The molecule has 47 heavy (non-hydrogen) atoms. The van der Waals surface area contributed by atoms with Crippen molar-refractivity contribution in [1.29, 1.82) is 0 Å². The molecule has 0 saturated carbocycles. The molecule has 0 aromatic heterocycles. The van der Waals surface area contributed by atoms with Crippen LogP contribution in [0.3, 0.4) is 0 Å². The molecule has 1 aliphatic rings. The Morgan fingerprint density at radius 1 is 0.787 bits per heavy atom. The number of carbonyl (C=O) groups is 3. The number of rotatable bonds is 14. The lowest BCUT2D eigenvalue weighted by Crippen LogP contribution is -2.31. The number of carboxylic acids is 2. The van der Waals surface area contributed by atoms with Gasteiger partial charge in [-0.05, 0) is 52.4 Å². The van der Waals surface area contributed by atoms with Crippen LogP contribution in [0.1, 0.15) is 70.7 Å². The molecular formula is C37H37NO8S. The highest BCUT2D eigenvalue weighted by molar-refractivity contribution is 7.99. The minimum absolute atomic E-state index is 0.0326. The van der Waals surface area contributed by atoms with Crippen LogP contribution in [0.25, 0.3) is 11.1 Å². The lowest BCUT2D eigenvalue weighted by atomic mass is 9.99. The summed E-state index contributed by atoms with van der Waals surface area (Å²) in [6, 6.07) is 30.4. The van der Waals surface area contributed by atoms with Crippen molar-refractivity contribution >= 4 is 29.6 Å². The second kappa shape index (κ2) is 16.4. The molecule has 0 spiro atoms. The highest BCUT2D eigenvalue weighted by atomic mass is 32.2. The molecule has 4 N–H and O–H groups in total.